The molecule has 0 atom stereocenters. The lowest BCUT2D eigenvalue weighted by molar-refractivity contribution is 0.414. The zero-order valence-corrected chi connectivity index (χ0v) is 21.5. The summed E-state index contributed by atoms with van der Waals surface area (Å²) < 4.78 is 17.4. The lowest BCUT2D eigenvalue weighted by atomic mass is 10.2. The molecule has 0 aliphatic rings. The van der Waals surface area contributed by atoms with Crippen molar-refractivity contribution in [3.8, 4) is 11.5 Å². The fourth-order valence-electron chi connectivity index (χ4n) is 3.25. The summed E-state index contributed by atoms with van der Waals surface area (Å²) in [6.45, 7) is 8.92. The molecule has 0 unspecified atom stereocenters. The van der Waals surface area contributed by atoms with Crippen LogP contribution in [0.15, 0.2) is 84.2 Å². The lowest BCUT2D eigenvalue weighted by Gasteiger charge is -2.29. The number of para-hydroxylation sites is 2. The Morgan fingerprint density at radius 3 is 1.35 bits per heavy atom. The van der Waals surface area contributed by atoms with Gasteiger partial charge in [0.2, 0.25) is 0 Å². The maximum Gasteiger partial charge on any atom is 0.198 e. The van der Waals surface area contributed by atoms with Crippen LogP contribution in [-0.4, -0.2) is 30.9 Å². The fourth-order valence-corrected chi connectivity index (χ4v) is 10.4. The first-order chi connectivity index (χ1) is 14.8. The van der Waals surface area contributed by atoms with Crippen molar-refractivity contribution in [2.45, 2.75) is 26.2 Å². The zero-order valence-electron chi connectivity index (χ0n) is 19.5. The van der Waals surface area contributed by atoms with E-state index in [1.54, 1.807) is 14.2 Å². The molecule has 164 valence electrons. The third-order valence-electron chi connectivity index (χ3n) is 4.57. The van der Waals surface area contributed by atoms with E-state index in [0.717, 1.165) is 22.6 Å². The molecule has 0 bridgehead atoms. The van der Waals surface area contributed by atoms with Crippen molar-refractivity contribution in [1.29, 1.82) is 0 Å². The highest BCUT2D eigenvalue weighted by Crippen LogP contribution is 2.21. The summed E-state index contributed by atoms with van der Waals surface area (Å²) in [7, 11) is -0.483. The second-order valence-corrected chi connectivity index (χ2v) is 16.1. The van der Waals surface area contributed by atoms with Gasteiger partial charge in [0.05, 0.1) is 14.2 Å². The Morgan fingerprint density at radius 2 is 0.968 bits per heavy atom. The average Bonchev–Trinajstić information content (AvgIpc) is 2.74. The minimum atomic E-state index is -1.93. The van der Waals surface area contributed by atoms with Crippen LogP contribution in [0.4, 0.5) is 0 Å². The summed E-state index contributed by atoms with van der Waals surface area (Å²) in [6.07, 6.45) is 12.4. The van der Waals surface area contributed by atoms with Crippen LogP contribution in [0.5, 0.6) is 11.5 Å². The fraction of sp³-hybridized carbons (Fsp3) is 0.231. The summed E-state index contributed by atoms with van der Waals surface area (Å²) in [5.74, 6) is 1.75. The van der Waals surface area contributed by atoms with E-state index >= 15 is 0 Å². The summed E-state index contributed by atoms with van der Waals surface area (Å²) in [6, 6.07) is 16.0. The van der Waals surface area contributed by atoms with Crippen molar-refractivity contribution < 1.29 is 13.6 Å². The number of ether oxygens (including phenoxy) is 2. The molecule has 3 nitrogen and oxygen atoms in total. The molecular weight excluding hydrogens is 416 g/mol. The predicted molar refractivity (Wildman–Crippen MR) is 138 cm³/mol. The van der Waals surface area contributed by atoms with Gasteiger partial charge in [0.25, 0.3) is 0 Å². The molecule has 2 aromatic rings. The standard InChI is InChI=1S/C26H34O3Si2/c1-27-25-19-9-7-15-23(25)17-11-13-21-30(3,4)29-31(5,6)22-14-12-18-24-16-8-10-20-26(24)28-2/h7-22H,1-6H3/b17-11+,18-12+,21-13+,22-14+. The number of hydrogen-bond acceptors (Lipinski definition) is 3. The third kappa shape index (κ3) is 8.57. The molecule has 0 aromatic heterocycles. The zero-order chi connectivity index (χ0) is 22.7. The maximum absolute atomic E-state index is 6.61. The molecule has 0 aliphatic carbocycles. The van der Waals surface area contributed by atoms with E-state index in [0.29, 0.717) is 0 Å². The summed E-state index contributed by atoms with van der Waals surface area (Å²) in [5.41, 5.74) is 6.59. The predicted octanol–water partition coefficient (Wildman–Crippen LogP) is 7.05. The normalized spacial score (nSPS) is 13.1. The van der Waals surface area contributed by atoms with E-state index in [1.807, 2.05) is 48.5 Å². The molecule has 0 N–H and O–H groups in total. The Bertz CT molecular complexity index is 879. The minimum absolute atomic E-state index is 0.875. The van der Waals surface area contributed by atoms with Gasteiger partial charge in [-0.05, 0) is 38.3 Å². The maximum atomic E-state index is 6.61. The minimum Gasteiger partial charge on any atom is -0.496 e. The van der Waals surface area contributed by atoms with Gasteiger partial charge in [0.1, 0.15) is 11.5 Å². The second kappa shape index (κ2) is 11.7. The van der Waals surface area contributed by atoms with E-state index < -0.39 is 16.6 Å². The van der Waals surface area contributed by atoms with Crippen LogP contribution in [-0.2, 0) is 4.12 Å². The van der Waals surface area contributed by atoms with Gasteiger partial charge in [-0.3, -0.25) is 0 Å². The van der Waals surface area contributed by atoms with Crippen LogP contribution >= 0.6 is 0 Å². The van der Waals surface area contributed by atoms with Crippen molar-refractivity contribution in [2.75, 3.05) is 14.2 Å². The third-order valence-corrected chi connectivity index (χ3v) is 10.8. The van der Waals surface area contributed by atoms with Crippen LogP contribution in [0.1, 0.15) is 11.1 Å². The van der Waals surface area contributed by atoms with Crippen LogP contribution in [0.25, 0.3) is 12.2 Å². The lowest BCUT2D eigenvalue weighted by Crippen LogP contribution is -2.42. The van der Waals surface area contributed by atoms with Crippen molar-refractivity contribution in [2.24, 2.45) is 0 Å². The quantitative estimate of drug-likeness (QED) is 0.287. The second-order valence-electron chi connectivity index (χ2n) is 8.23. The molecule has 5 heteroatoms. The van der Waals surface area contributed by atoms with Gasteiger partial charge in [-0.2, -0.15) is 0 Å². The monoisotopic (exact) mass is 450 g/mol. The van der Waals surface area contributed by atoms with Gasteiger partial charge >= 0.3 is 0 Å². The van der Waals surface area contributed by atoms with Crippen LogP contribution < -0.4 is 9.47 Å². The molecule has 0 saturated carbocycles. The molecule has 0 amide bonds. The molecule has 0 radical (unpaired) electrons. The number of rotatable bonds is 10. The Morgan fingerprint density at radius 1 is 0.581 bits per heavy atom. The van der Waals surface area contributed by atoms with Crippen molar-refractivity contribution >= 4 is 28.8 Å². The van der Waals surface area contributed by atoms with E-state index in [2.05, 4.69) is 74.0 Å². The molecule has 0 saturated heterocycles. The Hall–Kier alpha value is -2.61. The van der Waals surface area contributed by atoms with Gasteiger partial charge < -0.3 is 13.6 Å². The molecule has 2 aromatic carbocycles. The highest BCUT2D eigenvalue weighted by atomic mass is 28.4. The molecule has 2 rings (SSSR count). The average molecular weight is 451 g/mol. The highest BCUT2D eigenvalue weighted by molar-refractivity contribution is 6.89. The van der Waals surface area contributed by atoms with E-state index in [-0.39, 0.29) is 0 Å². The van der Waals surface area contributed by atoms with Crippen molar-refractivity contribution in [3.63, 3.8) is 0 Å². The van der Waals surface area contributed by atoms with Gasteiger partial charge in [-0.25, -0.2) is 0 Å². The topological polar surface area (TPSA) is 27.7 Å². The number of methoxy groups -OCH3 is 2. The smallest absolute Gasteiger partial charge is 0.198 e. The molecular formula is C26H34O3Si2. The number of benzene rings is 2. The number of hydrogen-bond donors (Lipinski definition) is 0. The van der Waals surface area contributed by atoms with Crippen molar-refractivity contribution in [3.05, 3.63) is 95.4 Å². The molecule has 31 heavy (non-hydrogen) atoms. The Balaban J connectivity index is 1.97. The Labute approximate surface area is 189 Å². The molecule has 0 spiro atoms. The van der Waals surface area contributed by atoms with Gasteiger partial charge in [-0.15, -0.1) is 0 Å². The summed E-state index contributed by atoms with van der Waals surface area (Å²) in [4.78, 5) is 0. The van der Waals surface area contributed by atoms with E-state index in [4.69, 9.17) is 13.6 Å². The first-order valence-electron chi connectivity index (χ1n) is 10.4. The molecule has 0 aliphatic heterocycles. The summed E-state index contributed by atoms with van der Waals surface area (Å²) >= 11 is 0. The molecule has 0 fully saturated rings. The summed E-state index contributed by atoms with van der Waals surface area (Å²) in [5, 5.41) is 0. The van der Waals surface area contributed by atoms with Crippen LogP contribution in [0, 0.1) is 0 Å². The largest absolute Gasteiger partial charge is 0.496 e. The van der Waals surface area contributed by atoms with Crippen LogP contribution in [0.2, 0.25) is 26.2 Å². The van der Waals surface area contributed by atoms with Gasteiger partial charge in [0.15, 0.2) is 16.6 Å². The first-order valence-corrected chi connectivity index (χ1v) is 16.4. The van der Waals surface area contributed by atoms with E-state index in [1.165, 1.54) is 0 Å². The Kier molecular flexibility index (Phi) is 9.30. The SMILES string of the molecule is COc1ccccc1/C=C/C=C/[Si](C)(C)O[Si](C)(C)/C=C/C=C/c1ccccc1OC. The molecule has 0 heterocycles. The van der Waals surface area contributed by atoms with Gasteiger partial charge in [0, 0.05) is 11.1 Å². The van der Waals surface area contributed by atoms with E-state index in [9.17, 15) is 0 Å². The van der Waals surface area contributed by atoms with Crippen LogP contribution in [0.3, 0.4) is 0 Å². The number of allylic oxidation sites excluding steroid dienone is 4. The van der Waals surface area contributed by atoms with Gasteiger partial charge in [-0.1, -0.05) is 84.3 Å². The van der Waals surface area contributed by atoms with Crippen molar-refractivity contribution in [1.82, 2.24) is 0 Å². The highest BCUT2D eigenvalue weighted by Gasteiger charge is 2.28. The first kappa shape index (κ1) is 24.7.